The number of nitrogens with one attached hydrogen (secondary N) is 1. The first-order valence-corrected chi connectivity index (χ1v) is 9.56. The molecule has 2 aromatic carbocycles. The number of amides is 1. The molecule has 3 rings (SSSR count). The molecule has 0 heterocycles. The molecular formula is C22H29FN2O3. The van der Waals surface area contributed by atoms with Crippen molar-refractivity contribution in [2.24, 2.45) is 5.73 Å². The highest BCUT2D eigenvalue weighted by atomic mass is 19.1. The second kappa shape index (κ2) is 10.5. The molecular weight excluding hydrogens is 359 g/mol. The number of hydrogen-bond acceptors (Lipinski definition) is 4. The lowest BCUT2D eigenvalue weighted by atomic mass is 10.1. The molecule has 2 aromatic rings. The Bertz CT molecular complexity index is 755. The van der Waals surface area contributed by atoms with Gasteiger partial charge in [0.1, 0.15) is 17.7 Å². The van der Waals surface area contributed by atoms with Crippen molar-refractivity contribution < 1.29 is 18.7 Å². The van der Waals surface area contributed by atoms with Crippen molar-refractivity contribution in [1.82, 2.24) is 0 Å². The fourth-order valence-corrected chi connectivity index (χ4v) is 3.10. The van der Waals surface area contributed by atoms with E-state index in [9.17, 15) is 9.18 Å². The second-order valence-electron chi connectivity index (χ2n) is 6.86. The third-order valence-corrected chi connectivity index (χ3v) is 4.71. The lowest BCUT2D eigenvalue weighted by Crippen LogP contribution is -2.18. The molecule has 0 aromatic heterocycles. The molecule has 1 atom stereocenters. The molecule has 0 spiro atoms. The number of nitrogens with two attached hydrogens (primary N) is 1. The van der Waals surface area contributed by atoms with Crippen LogP contribution in [0.25, 0.3) is 0 Å². The van der Waals surface area contributed by atoms with Gasteiger partial charge in [-0.25, -0.2) is 9.18 Å². The molecule has 1 amide bonds. The average molecular weight is 388 g/mol. The van der Waals surface area contributed by atoms with Crippen molar-refractivity contribution in [2.75, 3.05) is 12.4 Å². The van der Waals surface area contributed by atoms with Gasteiger partial charge in [-0.2, -0.15) is 0 Å². The van der Waals surface area contributed by atoms with E-state index in [1.807, 2.05) is 31.3 Å². The molecule has 1 aliphatic rings. The molecule has 152 valence electrons. The topological polar surface area (TPSA) is 73.6 Å². The van der Waals surface area contributed by atoms with Crippen molar-refractivity contribution in [3.05, 3.63) is 59.4 Å². The third kappa shape index (κ3) is 6.44. The standard InChI is InChI=1S/C15H22N2O3.C7H7F/c1-10(19-15(16)18)13-8-7-11(17-2)9-14(13)20-12-5-3-4-6-12;1-6-4-2-3-5-7(6)8/h7-10,12,17H,3-6H2,1-2H3,(H2,16,18);2-5H,1H3. The van der Waals surface area contributed by atoms with Gasteiger partial charge < -0.3 is 20.5 Å². The highest BCUT2D eigenvalue weighted by molar-refractivity contribution is 5.65. The van der Waals surface area contributed by atoms with Crippen LogP contribution in [0.3, 0.4) is 0 Å². The van der Waals surface area contributed by atoms with Gasteiger partial charge in [0.15, 0.2) is 0 Å². The number of hydrogen-bond donors (Lipinski definition) is 2. The van der Waals surface area contributed by atoms with E-state index in [0.717, 1.165) is 29.8 Å². The van der Waals surface area contributed by atoms with Gasteiger partial charge in [0.2, 0.25) is 0 Å². The van der Waals surface area contributed by atoms with Crippen LogP contribution < -0.4 is 15.8 Å². The molecule has 6 heteroatoms. The number of halogens is 1. The highest BCUT2D eigenvalue weighted by Crippen LogP contribution is 2.33. The Balaban J connectivity index is 0.000000292. The highest BCUT2D eigenvalue weighted by Gasteiger charge is 2.21. The summed E-state index contributed by atoms with van der Waals surface area (Å²) in [6.07, 6.45) is 3.62. The van der Waals surface area contributed by atoms with Crippen LogP contribution in [0, 0.1) is 12.7 Å². The zero-order chi connectivity index (χ0) is 20.5. The summed E-state index contributed by atoms with van der Waals surface area (Å²) in [6.45, 7) is 3.54. The van der Waals surface area contributed by atoms with Crippen molar-refractivity contribution >= 4 is 11.8 Å². The summed E-state index contributed by atoms with van der Waals surface area (Å²) < 4.78 is 23.5. The summed E-state index contributed by atoms with van der Waals surface area (Å²) in [5, 5.41) is 3.09. The quantitative estimate of drug-likeness (QED) is 0.725. The summed E-state index contributed by atoms with van der Waals surface area (Å²) in [6, 6.07) is 12.5. The summed E-state index contributed by atoms with van der Waals surface area (Å²) in [5.74, 6) is 0.630. The zero-order valence-electron chi connectivity index (χ0n) is 16.7. The van der Waals surface area contributed by atoms with E-state index >= 15 is 0 Å². The average Bonchev–Trinajstić information content (AvgIpc) is 3.17. The molecule has 1 fully saturated rings. The maximum Gasteiger partial charge on any atom is 0.405 e. The largest absolute Gasteiger partial charge is 0.490 e. The molecule has 0 aliphatic heterocycles. The Morgan fingerprint density at radius 3 is 2.43 bits per heavy atom. The maximum absolute atomic E-state index is 12.3. The smallest absolute Gasteiger partial charge is 0.405 e. The van der Waals surface area contributed by atoms with Crippen LogP contribution in [-0.4, -0.2) is 19.2 Å². The van der Waals surface area contributed by atoms with Gasteiger partial charge in [0, 0.05) is 24.4 Å². The van der Waals surface area contributed by atoms with Crippen LogP contribution in [-0.2, 0) is 4.74 Å². The number of rotatable bonds is 5. The minimum Gasteiger partial charge on any atom is -0.490 e. The molecule has 5 nitrogen and oxygen atoms in total. The molecule has 1 saturated carbocycles. The van der Waals surface area contributed by atoms with E-state index in [4.69, 9.17) is 15.2 Å². The Kier molecular flexibility index (Phi) is 8.11. The van der Waals surface area contributed by atoms with Crippen LogP contribution >= 0.6 is 0 Å². The van der Waals surface area contributed by atoms with Crippen molar-refractivity contribution in [3.8, 4) is 5.75 Å². The third-order valence-electron chi connectivity index (χ3n) is 4.71. The lowest BCUT2D eigenvalue weighted by Gasteiger charge is -2.20. The zero-order valence-corrected chi connectivity index (χ0v) is 16.7. The van der Waals surface area contributed by atoms with Crippen LogP contribution in [0.2, 0.25) is 0 Å². The van der Waals surface area contributed by atoms with Gasteiger partial charge in [0.25, 0.3) is 0 Å². The van der Waals surface area contributed by atoms with Crippen LogP contribution in [0.4, 0.5) is 14.9 Å². The van der Waals surface area contributed by atoms with E-state index in [1.165, 1.54) is 18.9 Å². The van der Waals surface area contributed by atoms with Crippen molar-refractivity contribution in [3.63, 3.8) is 0 Å². The first-order valence-electron chi connectivity index (χ1n) is 9.56. The predicted octanol–water partition coefficient (Wildman–Crippen LogP) is 5.34. The van der Waals surface area contributed by atoms with E-state index in [1.54, 1.807) is 26.0 Å². The maximum atomic E-state index is 12.3. The molecule has 0 radical (unpaired) electrons. The summed E-state index contributed by atoms with van der Waals surface area (Å²) in [7, 11) is 1.86. The second-order valence-corrected chi connectivity index (χ2v) is 6.86. The normalized spacial score (nSPS) is 14.6. The number of benzene rings is 2. The van der Waals surface area contributed by atoms with Crippen LogP contribution in [0.5, 0.6) is 5.75 Å². The van der Waals surface area contributed by atoms with Gasteiger partial charge in [-0.1, -0.05) is 18.2 Å². The monoisotopic (exact) mass is 388 g/mol. The van der Waals surface area contributed by atoms with Gasteiger partial charge in [-0.05, 0) is 63.3 Å². The summed E-state index contributed by atoms with van der Waals surface area (Å²) in [4.78, 5) is 10.9. The SMILES string of the molecule is CNc1ccc(C(C)OC(N)=O)c(OC2CCCC2)c1.Cc1ccccc1F. The fourth-order valence-electron chi connectivity index (χ4n) is 3.10. The first kappa shape index (κ1) is 21.5. The Hall–Kier alpha value is -2.76. The predicted molar refractivity (Wildman–Crippen MR) is 109 cm³/mol. The van der Waals surface area contributed by atoms with Crippen molar-refractivity contribution in [1.29, 1.82) is 0 Å². The summed E-state index contributed by atoms with van der Waals surface area (Å²) in [5.41, 5.74) is 7.60. The Morgan fingerprint density at radius 2 is 1.89 bits per heavy atom. The Morgan fingerprint density at radius 1 is 1.21 bits per heavy atom. The fraction of sp³-hybridized carbons (Fsp3) is 0.409. The molecule has 28 heavy (non-hydrogen) atoms. The van der Waals surface area contributed by atoms with Gasteiger partial charge in [0.05, 0.1) is 6.10 Å². The van der Waals surface area contributed by atoms with E-state index in [0.29, 0.717) is 5.56 Å². The molecule has 3 N–H and O–H groups in total. The number of aryl methyl sites for hydroxylation is 1. The van der Waals surface area contributed by atoms with E-state index in [2.05, 4.69) is 5.32 Å². The number of carbonyl (C=O) groups is 1. The summed E-state index contributed by atoms with van der Waals surface area (Å²) >= 11 is 0. The van der Waals surface area contributed by atoms with E-state index in [-0.39, 0.29) is 11.9 Å². The minimum atomic E-state index is -0.776. The van der Waals surface area contributed by atoms with Crippen LogP contribution in [0.1, 0.15) is 49.8 Å². The van der Waals surface area contributed by atoms with Crippen LogP contribution in [0.15, 0.2) is 42.5 Å². The number of anilines is 1. The Labute approximate surface area is 166 Å². The lowest BCUT2D eigenvalue weighted by molar-refractivity contribution is 0.112. The van der Waals surface area contributed by atoms with Crippen molar-refractivity contribution in [2.45, 2.75) is 51.7 Å². The number of primary amides is 1. The molecule has 0 bridgehead atoms. The molecule has 0 saturated heterocycles. The number of ether oxygens (including phenoxy) is 2. The van der Waals surface area contributed by atoms with Gasteiger partial charge in [-0.3, -0.25) is 0 Å². The van der Waals surface area contributed by atoms with Gasteiger partial charge in [-0.15, -0.1) is 0 Å². The molecule has 1 aliphatic carbocycles. The minimum absolute atomic E-state index is 0.132. The van der Waals surface area contributed by atoms with Gasteiger partial charge >= 0.3 is 6.09 Å². The van der Waals surface area contributed by atoms with E-state index < -0.39 is 12.2 Å². The number of carbonyl (C=O) groups excluding carboxylic acids is 1. The first-order chi connectivity index (χ1) is 13.4. The molecule has 1 unspecified atom stereocenters.